The summed E-state index contributed by atoms with van der Waals surface area (Å²) in [6, 6.07) is 9.78. The molecule has 0 aliphatic rings. The number of aromatic nitrogens is 1. The minimum absolute atomic E-state index is 0.0693. The molecular formula is C15H15N3O5. The molecule has 8 nitrogen and oxygen atoms in total. The fourth-order valence-corrected chi connectivity index (χ4v) is 1.84. The van der Waals surface area contributed by atoms with E-state index in [0.29, 0.717) is 11.4 Å². The third-order valence-corrected chi connectivity index (χ3v) is 2.96. The largest absolute Gasteiger partial charge is 0.495 e. The van der Waals surface area contributed by atoms with Crippen molar-refractivity contribution in [1.82, 2.24) is 4.98 Å². The van der Waals surface area contributed by atoms with E-state index in [-0.39, 0.29) is 5.75 Å². The first-order chi connectivity index (χ1) is 11.0. The van der Waals surface area contributed by atoms with Gasteiger partial charge in [0, 0.05) is 0 Å². The highest BCUT2D eigenvalue weighted by atomic mass is 16.6. The van der Waals surface area contributed by atoms with Crippen molar-refractivity contribution in [3.63, 3.8) is 0 Å². The number of para-hydroxylation sites is 2. The van der Waals surface area contributed by atoms with Crippen LogP contribution in [0.15, 0.2) is 42.6 Å². The second-order valence-electron chi connectivity index (χ2n) is 4.53. The maximum atomic E-state index is 12.2. The van der Waals surface area contributed by atoms with Crippen LogP contribution in [0.4, 0.5) is 11.5 Å². The maximum Gasteiger partial charge on any atom is 0.406 e. The molecule has 1 aromatic carbocycles. The van der Waals surface area contributed by atoms with Crippen molar-refractivity contribution in [2.75, 3.05) is 12.4 Å². The van der Waals surface area contributed by atoms with Gasteiger partial charge >= 0.3 is 5.82 Å². The van der Waals surface area contributed by atoms with Crippen molar-refractivity contribution in [1.29, 1.82) is 0 Å². The zero-order valence-electron chi connectivity index (χ0n) is 12.6. The minimum atomic E-state index is -0.956. The molecule has 1 atom stereocenters. The Labute approximate surface area is 132 Å². The monoisotopic (exact) mass is 317 g/mol. The van der Waals surface area contributed by atoms with Gasteiger partial charge in [-0.15, -0.1) is 0 Å². The number of nitro groups is 1. The number of hydrogen-bond donors (Lipinski definition) is 1. The van der Waals surface area contributed by atoms with E-state index in [4.69, 9.17) is 9.47 Å². The quantitative estimate of drug-likeness (QED) is 0.648. The molecule has 8 heteroatoms. The van der Waals surface area contributed by atoms with Crippen molar-refractivity contribution in [2.45, 2.75) is 13.0 Å². The Hall–Kier alpha value is -3.16. The van der Waals surface area contributed by atoms with Crippen molar-refractivity contribution in [2.24, 2.45) is 0 Å². The number of amides is 1. The van der Waals surface area contributed by atoms with Crippen LogP contribution in [0.2, 0.25) is 0 Å². The molecule has 1 unspecified atom stereocenters. The number of ether oxygens (including phenoxy) is 2. The molecule has 2 rings (SSSR count). The van der Waals surface area contributed by atoms with E-state index in [9.17, 15) is 14.9 Å². The molecule has 1 aromatic heterocycles. The first kappa shape index (κ1) is 16.2. The lowest BCUT2D eigenvalue weighted by Gasteiger charge is -2.15. The third kappa shape index (κ3) is 3.94. The van der Waals surface area contributed by atoms with Crippen LogP contribution in [0.25, 0.3) is 0 Å². The molecule has 120 valence electrons. The summed E-state index contributed by atoms with van der Waals surface area (Å²) in [7, 11) is 1.49. The number of hydrogen-bond acceptors (Lipinski definition) is 6. The summed E-state index contributed by atoms with van der Waals surface area (Å²) in [5, 5.41) is 13.5. The predicted octanol–water partition coefficient (Wildman–Crippen LogP) is 2.40. The average Bonchev–Trinajstić information content (AvgIpc) is 2.55. The Balaban J connectivity index is 2.10. The number of nitrogens with one attached hydrogen (secondary N) is 1. The fraction of sp³-hybridized carbons (Fsp3) is 0.200. The number of rotatable bonds is 6. The Bertz CT molecular complexity index is 720. The molecule has 1 N–H and O–H groups in total. The van der Waals surface area contributed by atoms with Crippen LogP contribution in [0.5, 0.6) is 11.5 Å². The number of carbonyl (C=O) groups excluding carboxylic acids is 1. The molecule has 1 amide bonds. The van der Waals surface area contributed by atoms with Crippen LogP contribution in [0.1, 0.15) is 6.92 Å². The molecule has 0 bridgehead atoms. The minimum Gasteiger partial charge on any atom is -0.495 e. The van der Waals surface area contributed by atoms with Crippen LogP contribution in [-0.4, -0.2) is 29.0 Å². The normalized spacial score (nSPS) is 11.4. The molecule has 2 aromatic rings. The topological polar surface area (TPSA) is 104 Å². The Kier molecular flexibility index (Phi) is 5.08. The van der Waals surface area contributed by atoms with E-state index in [1.54, 1.807) is 24.3 Å². The van der Waals surface area contributed by atoms with Gasteiger partial charge in [-0.1, -0.05) is 12.1 Å². The van der Waals surface area contributed by atoms with Crippen LogP contribution >= 0.6 is 0 Å². The van der Waals surface area contributed by atoms with Crippen molar-refractivity contribution in [3.8, 4) is 11.5 Å². The lowest BCUT2D eigenvalue weighted by Crippen LogP contribution is -2.30. The van der Waals surface area contributed by atoms with Gasteiger partial charge in [0.05, 0.1) is 12.8 Å². The van der Waals surface area contributed by atoms with Crippen LogP contribution in [0, 0.1) is 10.1 Å². The summed E-state index contributed by atoms with van der Waals surface area (Å²) in [5.74, 6) is -0.474. The number of benzene rings is 1. The average molecular weight is 317 g/mol. The van der Waals surface area contributed by atoms with Gasteiger partial charge in [0.2, 0.25) is 5.75 Å². The number of nitrogens with zero attached hydrogens (tertiary/aromatic N) is 2. The molecule has 0 saturated heterocycles. The molecule has 0 spiro atoms. The molecular weight excluding hydrogens is 302 g/mol. The summed E-state index contributed by atoms with van der Waals surface area (Å²) < 4.78 is 10.5. The van der Waals surface area contributed by atoms with Crippen LogP contribution in [-0.2, 0) is 4.79 Å². The summed E-state index contributed by atoms with van der Waals surface area (Å²) in [6.45, 7) is 1.49. The van der Waals surface area contributed by atoms with Gasteiger partial charge in [-0.05, 0) is 41.1 Å². The van der Waals surface area contributed by atoms with Gasteiger partial charge in [0.15, 0.2) is 6.10 Å². The fourth-order valence-electron chi connectivity index (χ4n) is 1.84. The molecule has 0 aliphatic carbocycles. The van der Waals surface area contributed by atoms with Gasteiger partial charge < -0.3 is 24.9 Å². The Morgan fingerprint density at radius 2 is 1.96 bits per heavy atom. The zero-order chi connectivity index (χ0) is 16.8. The molecule has 0 fully saturated rings. The highest BCUT2D eigenvalue weighted by molar-refractivity contribution is 5.95. The number of pyridine rings is 1. The van der Waals surface area contributed by atoms with Gasteiger partial charge in [-0.2, -0.15) is 0 Å². The molecule has 0 radical (unpaired) electrons. The molecule has 0 aliphatic heterocycles. The predicted molar refractivity (Wildman–Crippen MR) is 82.6 cm³/mol. The van der Waals surface area contributed by atoms with E-state index in [1.165, 1.54) is 32.4 Å². The third-order valence-electron chi connectivity index (χ3n) is 2.96. The van der Waals surface area contributed by atoms with E-state index in [2.05, 4.69) is 10.3 Å². The number of anilines is 1. The lowest BCUT2D eigenvalue weighted by molar-refractivity contribution is -0.390. The molecule has 23 heavy (non-hydrogen) atoms. The Morgan fingerprint density at radius 3 is 2.65 bits per heavy atom. The van der Waals surface area contributed by atoms with Crippen molar-refractivity contribution < 1.29 is 19.2 Å². The molecule has 0 saturated carbocycles. The SMILES string of the molecule is COc1ccccc1NC(=O)C(C)Oc1cccnc1[N+](=O)[O-]. The van der Waals surface area contributed by atoms with Gasteiger partial charge in [0.1, 0.15) is 11.9 Å². The summed E-state index contributed by atoms with van der Waals surface area (Å²) in [5.41, 5.74) is 0.483. The van der Waals surface area contributed by atoms with Gasteiger partial charge in [0.25, 0.3) is 5.91 Å². The summed E-state index contributed by atoms with van der Waals surface area (Å²) in [4.78, 5) is 26.0. The number of methoxy groups -OCH3 is 1. The second-order valence-corrected chi connectivity index (χ2v) is 4.53. The smallest absolute Gasteiger partial charge is 0.406 e. The second kappa shape index (κ2) is 7.21. The van der Waals surface area contributed by atoms with Crippen molar-refractivity contribution in [3.05, 3.63) is 52.7 Å². The zero-order valence-corrected chi connectivity index (χ0v) is 12.6. The summed E-state index contributed by atoms with van der Waals surface area (Å²) >= 11 is 0. The standard InChI is InChI=1S/C15H15N3O5/c1-10(23-13-8-5-9-16-14(13)18(20)21)15(19)17-11-6-3-4-7-12(11)22-2/h3-10H,1-2H3,(H,17,19). The lowest BCUT2D eigenvalue weighted by atomic mass is 10.2. The van der Waals surface area contributed by atoms with E-state index in [1.807, 2.05) is 0 Å². The van der Waals surface area contributed by atoms with E-state index in [0.717, 1.165) is 0 Å². The van der Waals surface area contributed by atoms with Crippen LogP contribution < -0.4 is 14.8 Å². The summed E-state index contributed by atoms with van der Waals surface area (Å²) in [6.07, 6.45) is 0.327. The van der Waals surface area contributed by atoms with E-state index >= 15 is 0 Å². The molecule has 1 heterocycles. The number of carbonyl (C=O) groups is 1. The Morgan fingerprint density at radius 1 is 1.26 bits per heavy atom. The van der Waals surface area contributed by atoms with Crippen LogP contribution in [0.3, 0.4) is 0 Å². The highest BCUT2D eigenvalue weighted by Gasteiger charge is 2.22. The first-order valence-corrected chi connectivity index (χ1v) is 6.73. The van der Waals surface area contributed by atoms with Gasteiger partial charge in [-0.25, -0.2) is 0 Å². The van der Waals surface area contributed by atoms with E-state index < -0.39 is 22.8 Å². The maximum absolute atomic E-state index is 12.2. The van der Waals surface area contributed by atoms with Gasteiger partial charge in [-0.3, -0.25) is 4.79 Å². The first-order valence-electron chi connectivity index (χ1n) is 6.73. The highest BCUT2D eigenvalue weighted by Crippen LogP contribution is 2.26. The van der Waals surface area contributed by atoms with Crippen molar-refractivity contribution >= 4 is 17.4 Å².